The minimum atomic E-state index is -0.243. The van der Waals surface area contributed by atoms with Crippen LogP contribution in [0.4, 0.5) is 5.13 Å². The van der Waals surface area contributed by atoms with Crippen molar-refractivity contribution in [3.63, 3.8) is 0 Å². The minimum Gasteiger partial charge on any atom is -0.323 e. The van der Waals surface area contributed by atoms with Gasteiger partial charge in [-0.2, -0.15) is 0 Å². The maximum absolute atomic E-state index is 12.0. The summed E-state index contributed by atoms with van der Waals surface area (Å²) < 4.78 is 0. The number of nitrogens with zero attached hydrogens (tertiary/aromatic N) is 2. The Bertz CT molecular complexity index is 782. The highest BCUT2D eigenvalue weighted by molar-refractivity contribution is 8.00. The molecule has 0 unspecified atom stereocenters. The SMILES string of the molecule is O=C(CN1CSCC1=O)Nc1ncc(Cc2cc(Cl)ccc2Cl)s1. The molecule has 1 aliphatic heterocycles. The first-order chi connectivity index (χ1) is 11.5. The molecule has 1 saturated heterocycles. The van der Waals surface area contributed by atoms with Crippen LogP contribution in [-0.4, -0.2) is 39.9 Å². The smallest absolute Gasteiger partial charge is 0.245 e. The van der Waals surface area contributed by atoms with Gasteiger partial charge in [-0.3, -0.25) is 9.59 Å². The summed E-state index contributed by atoms with van der Waals surface area (Å²) in [4.78, 5) is 30.2. The van der Waals surface area contributed by atoms with Crippen molar-refractivity contribution in [3.05, 3.63) is 44.9 Å². The number of nitrogens with one attached hydrogen (secondary N) is 1. The predicted octanol–water partition coefficient (Wildman–Crippen LogP) is 3.51. The molecule has 0 bridgehead atoms. The van der Waals surface area contributed by atoms with Gasteiger partial charge in [0.1, 0.15) is 6.54 Å². The van der Waals surface area contributed by atoms with E-state index < -0.39 is 0 Å². The number of carbonyl (C=O) groups excluding carboxylic acids is 2. The lowest BCUT2D eigenvalue weighted by molar-refractivity contribution is -0.130. The number of amides is 2. The van der Waals surface area contributed by atoms with Crippen LogP contribution >= 0.6 is 46.3 Å². The molecule has 0 aliphatic carbocycles. The van der Waals surface area contributed by atoms with Crippen molar-refractivity contribution in [3.8, 4) is 0 Å². The molecule has 0 spiro atoms. The molecule has 0 atom stereocenters. The van der Waals surface area contributed by atoms with Crippen LogP contribution in [-0.2, 0) is 16.0 Å². The van der Waals surface area contributed by atoms with Crippen LogP contribution in [0, 0.1) is 0 Å². The summed E-state index contributed by atoms with van der Waals surface area (Å²) in [6, 6.07) is 5.32. The van der Waals surface area contributed by atoms with Crippen LogP contribution in [0.3, 0.4) is 0 Å². The van der Waals surface area contributed by atoms with Crippen molar-refractivity contribution in [1.82, 2.24) is 9.88 Å². The minimum absolute atomic E-state index is 0.00873. The van der Waals surface area contributed by atoms with Crippen molar-refractivity contribution in [2.24, 2.45) is 0 Å². The average Bonchev–Trinajstić information content (AvgIpc) is 3.13. The Labute approximate surface area is 157 Å². The molecule has 0 radical (unpaired) electrons. The molecule has 1 aromatic heterocycles. The fourth-order valence-electron chi connectivity index (χ4n) is 2.19. The molecule has 1 aromatic carbocycles. The number of benzene rings is 1. The Hall–Kier alpha value is -1.28. The molecule has 2 heterocycles. The zero-order valence-corrected chi connectivity index (χ0v) is 15.6. The van der Waals surface area contributed by atoms with Crippen LogP contribution in [0.5, 0.6) is 0 Å². The molecule has 1 fully saturated rings. The Kier molecular flexibility index (Phi) is 5.65. The Morgan fingerprint density at radius 3 is 2.96 bits per heavy atom. The normalized spacial score (nSPS) is 14.2. The lowest BCUT2D eigenvalue weighted by Gasteiger charge is -2.12. The van der Waals surface area contributed by atoms with Gasteiger partial charge in [0, 0.05) is 27.5 Å². The summed E-state index contributed by atoms with van der Waals surface area (Å²) in [6.07, 6.45) is 2.29. The molecule has 24 heavy (non-hydrogen) atoms. The molecular weight excluding hydrogens is 389 g/mol. The molecule has 126 valence electrons. The molecule has 1 aliphatic rings. The number of aromatic nitrogens is 1. The van der Waals surface area contributed by atoms with Gasteiger partial charge in [0.25, 0.3) is 0 Å². The molecule has 5 nitrogen and oxygen atoms in total. The molecule has 9 heteroatoms. The second kappa shape index (κ2) is 7.74. The van der Waals surface area contributed by atoms with E-state index in [1.807, 2.05) is 6.07 Å². The third-order valence-electron chi connectivity index (χ3n) is 3.33. The van der Waals surface area contributed by atoms with E-state index in [0.29, 0.717) is 33.2 Å². The highest BCUT2D eigenvalue weighted by Gasteiger charge is 2.23. The quantitative estimate of drug-likeness (QED) is 0.832. The second-order valence-electron chi connectivity index (χ2n) is 5.16. The van der Waals surface area contributed by atoms with Gasteiger partial charge in [0.2, 0.25) is 11.8 Å². The average molecular weight is 402 g/mol. The van der Waals surface area contributed by atoms with Gasteiger partial charge in [-0.1, -0.05) is 23.2 Å². The van der Waals surface area contributed by atoms with Crippen molar-refractivity contribution in [1.29, 1.82) is 0 Å². The molecule has 3 rings (SSSR count). The van der Waals surface area contributed by atoms with Crippen LogP contribution in [0.1, 0.15) is 10.4 Å². The lowest BCUT2D eigenvalue weighted by Crippen LogP contribution is -2.34. The molecule has 0 saturated carbocycles. The topological polar surface area (TPSA) is 62.3 Å². The van der Waals surface area contributed by atoms with Gasteiger partial charge in [-0.15, -0.1) is 23.1 Å². The maximum atomic E-state index is 12.0. The Morgan fingerprint density at radius 1 is 1.38 bits per heavy atom. The summed E-state index contributed by atoms with van der Waals surface area (Å²) >= 11 is 15.0. The largest absolute Gasteiger partial charge is 0.323 e. The molecule has 2 aromatic rings. The first kappa shape index (κ1) is 17.5. The fourth-order valence-corrected chi connectivity index (χ4v) is 4.32. The third-order valence-corrected chi connectivity index (χ3v) is 5.79. The van der Waals surface area contributed by atoms with Crippen molar-refractivity contribution < 1.29 is 9.59 Å². The summed E-state index contributed by atoms with van der Waals surface area (Å²) in [7, 11) is 0. The Morgan fingerprint density at radius 2 is 2.21 bits per heavy atom. The van der Waals surface area contributed by atoms with Gasteiger partial charge in [0.15, 0.2) is 5.13 Å². The van der Waals surface area contributed by atoms with Crippen molar-refractivity contribution in [2.45, 2.75) is 6.42 Å². The number of halogens is 2. The third kappa shape index (κ3) is 4.42. The van der Waals surface area contributed by atoms with E-state index in [0.717, 1.165) is 10.4 Å². The van der Waals surface area contributed by atoms with E-state index in [9.17, 15) is 9.59 Å². The maximum Gasteiger partial charge on any atom is 0.245 e. The number of hydrogen-bond acceptors (Lipinski definition) is 5. The highest BCUT2D eigenvalue weighted by atomic mass is 35.5. The monoisotopic (exact) mass is 401 g/mol. The van der Waals surface area contributed by atoms with Gasteiger partial charge in [0.05, 0.1) is 11.6 Å². The Balaban J connectivity index is 1.60. The van der Waals surface area contributed by atoms with Gasteiger partial charge < -0.3 is 10.2 Å². The number of thiazole rings is 1. The van der Waals surface area contributed by atoms with Crippen molar-refractivity contribution in [2.75, 3.05) is 23.5 Å². The summed E-state index contributed by atoms with van der Waals surface area (Å²) in [5.41, 5.74) is 0.908. The fraction of sp³-hybridized carbons (Fsp3) is 0.267. The summed E-state index contributed by atoms with van der Waals surface area (Å²) in [5, 5.41) is 4.50. The zero-order chi connectivity index (χ0) is 17.1. The molecule has 1 N–H and O–H groups in total. The summed E-state index contributed by atoms with van der Waals surface area (Å²) in [6.45, 7) is 0.0564. The zero-order valence-electron chi connectivity index (χ0n) is 12.4. The predicted molar refractivity (Wildman–Crippen MR) is 99.0 cm³/mol. The number of hydrogen-bond donors (Lipinski definition) is 1. The number of thioether (sulfide) groups is 1. The molecular formula is C15H13Cl2N3O2S2. The summed E-state index contributed by atoms with van der Waals surface area (Å²) in [5.74, 6) is 0.746. The molecule has 2 amide bonds. The van der Waals surface area contributed by atoms with E-state index in [2.05, 4.69) is 10.3 Å². The highest BCUT2D eigenvalue weighted by Crippen LogP contribution is 2.27. The van der Waals surface area contributed by atoms with Crippen LogP contribution in [0.25, 0.3) is 0 Å². The number of anilines is 1. The number of carbonyl (C=O) groups is 2. The number of rotatable bonds is 5. The van der Waals surface area contributed by atoms with E-state index in [-0.39, 0.29) is 18.4 Å². The van der Waals surface area contributed by atoms with Crippen LogP contribution in [0.2, 0.25) is 10.0 Å². The van der Waals surface area contributed by atoms with Gasteiger partial charge in [-0.05, 0) is 23.8 Å². The lowest BCUT2D eigenvalue weighted by atomic mass is 10.1. The van der Waals surface area contributed by atoms with Gasteiger partial charge in [-0.25, -0.2) is 4.98 Å². The van der Waals surface area contributed by atoms with Crippen molar-refractivity contribution >= 4 is 63.2 Å². The second-order valence-corrected chi connectivity index (χ2v) is 8.08. The first-order valence-corrected chi connectivity index (χ1v) is 9.78. The van der Waals surface area contributed by atoms with Gasteiger partial charge >= 0.3 is 0 Å². The standard InChI is InChI=1S/C15H13Cl2N3O2S2/c16-10-1-2-12(17)9(3-10)4-11-5-18-15(24-11)19-13(21)6-20-8-23-7-14(20)22/h1-3,5H,4,6-8H2,(H,18,19,21). The first-order valence-electron chi connectivity index (χ1n) is 7.05. The van der Waals surface area contributed by atoms with E-state index in [1.165, 1.54) is 28.0 Å². The van der Waals surface area contributed by atoms with Crippen LogP contribution < -0.4 is 5.32 Å². The van der Waals surface area contributed by atoms with E-state index >= 15 is 0 Å². The van der Waals surface area contributed by atoms with E-state index in [1.54, 1.807) is 18.3 Å². The van der Waals surface area contributed by atoms with Crippen LogP contribution in [0.15, 0.2) is 24.4 Å². The van der Waals surface area contributed by atoms with E-state index in [4.69, 9.17) is 23.2 Å².